The van der Waals surface area contributed by atoms with Crippen molar-refractivity contribution in [3.05, 3.63) is 35.5 Å². The second kappa shape index (κ2) is 6.20. The number of carbonyl (C=O) groups excluding carboxylic acids is 1. The first-order valence-electron chi connectivity index (χ1n) is 6.21. The van der Waals surface area contributed by atoms with Crippen LogP contribution in [0.4, 0.5) is 31.9 Å². The summed E-state index contributed by atoms with van der Waals surface area (Å²) in [4.78, 5) is 19.4. The number of hydrogen-bond donors (Lipinski definition) is 4. The highest BCUT2D eigenvalue weighted by atomic mass is 19.3. The van der Waals surface area contributed by atoms with Crippen LogP contribution in [0.15, 0.2) is 24.4 Å². The number of rotatable bonds is 4. The van der Waals surface area contributed by atoms with Crippen LogP contribution >= 0.6 is 0 Å². The molecule has 0 aliphatic carbocycles. The summed E-state index contributed by atoms with van der Waals surface area (Å²) in [6.45, 7) is 0. The minimum Gasteiger partial charge on any atom is -0.398 e. The van der Waals surface area contributed by atoms with Gasteiger partial charge in [-0.15, -0.1) is 0 Å². The Morgan fingerprint density at radius 3 is 2.55 bits per heavy atom. The summed E-state index contributed by atoms with van der Waals surface area (Å²) in [5, 5.41) is 5.14. The van der Waals surface area contributed by atoms with E-state index in [0.717, 1.165) is 12.1 Å². The molecule has 22 heavy (non-hydrogen) atoms. The molecule has 2 aromatic heterocycles. The molecular formula is C13H14F2N6O. The van der Waals surface area contributed by atoms with E-state index in [2.05, 4.69) is 20.6 Å². The summed E-state index contributed by atoms with van der Waals surface area (Å²) in [5.41, 5.74) is 11.4. The quantitative estimate of drug-likeness (QED) is 0.682. The zero-order valence-electron chi connectivity index (χ0n) is 11.6. The first kappa shape index (κ1) is 15.4. The highest BCUT2D eigenvalue weighted by Gasteiger charge is 2.12. The molecular weight excluding hydrogens is 294 g/mol. The summed E-state index contributed by atoms with van der Waals surface area (Å²) >= 11 is 0. The van der Waals surface area contributed by atoms with Gasteiger partial charge in [-0.05, 0) is 12.1 Å². The Morgan fingerprint density at radius 2 is 1.95 bits per heavy atom. The van der Waals surface area contributed by atoms with Gasteiger partial charge in [0.1, 0.15) is 17.5 Å². The van der Waals surface area contributed by atoms with Gasteiger partial charge in [-0.25, -0.2) is 18.7 Å². The van der Waals surface area contributed by atoms with Crippen molar-refractivity contribution in [3.8, 4) is 0 Å². The largest absolute Gasteiger partial charge is 0.398 e. The Morgan fingerprint density at radius 1 is 1.23 bits per heavy atom. The predicted octanol–water partition coefficient (Wildman–Crippen LogP) is 1.68. The lowest BCUT2D eigenvalue weighted by molar-refractivity contribution is 0.0963. The Hall–Kier alpha value is -2.97. The van der Waals surface area contributed by atoms with Crippen LogP contribution in [0.25, 0.3) is 0 Å². The lowest BCUT2D eigenvalue weighted by Crippen LogP contribution is -2.19. The zero-order chi connectivity index (χ0) is 16.3. The molecule has 9 heteroatoms. The molecule has 6 N–H and O–H groups in total. The molecule has 2 rings (SSSR count). The summed E-state index contributed by atoms with van der Waals surface area (Å²) < 4.78 is 25.4. The fourth-order valence-corrected chi connectivity index (χ4v) is 1.76. The van der Waals surface area contributed by atoms with Crippen molar-refractivity contribution in [1.29, 1.82) is 0 Å². The van der Waals surface area contributed by atoms with Crippen molar-refractivity contribution in [2.45, 2.75) is 6.43 Å². The van der Waals surface area contributed by atoms with Gasteiger partial charge in [-0.1, -0.05) is 0 Å². The van der Waals surface area contributed by atoms with Crippen LogP contribution in [0.2, 0.25) is 0 Å². The number of hydrogen-bond acceptors (Lipinski definition) is 6. The van der Waals surface area contributed by atoms with E-state index < -0.39 is 6.43 Å². The van der Waals surface area contributed by atoms with Crippen molar-refractivity contribution in [2.75, 3.05) is 23.8 Å². The SMILES string of the molecule is CNC(=O)c1cnc(Nc2cc(C(F)F)cc(N)n2)cc1N. The van der Waals surface area contributed by atoms with E-state index in [1.807, 2.05) is 0 Å². The normalized spacial score (nSPS) is 10.5. The number of aromatic nitrogens is 2. The second-order valence-corrected chi connectivity index (χ2v) is 4.37. The fourth-order valence-electron chi connectivity index (χ4n) is 1.76. The first-order valence-corrected chi connectivity index (χ1v) is 6.21. The Balaban J connectivity index is 2.28. The smallest absolute Gasteiger partial charge is 0.264 e. The standard InChI is InChI=1S/C13H14F2N6O/c1-18-13(22)7-5-19-10(4-8(7)16)21-11-3-6(12(14)15)2-9(17)20-11/h2-5,12H,1H3,(H,18,22)(H5,16,17,19,20,21). The van der Waals surface area contributed by atoms with Crippen molar-refractivity contribution >= 4 is 29.0 Å². The molecule has 0 saturated heterocycles. The lowest BCUT2D eigenvalue weighted by atomic mass is 10.2. The number of nitrogen functional groups attached to an aromatic ring is 2. The third-order valence-electron chi connectivity index (χ3n) is 2.78. The van der Waals surface area contributed by atoms with Gasteiger partial charge in [-0.2, -0.15) is 0 Å². The third kappa shape index (κ3) is 3.37. The number of nitrogens with one attached hydrogen (secondary N) is 2. The molecule has 0 spiro atoms. The van der Waals surface area contributed by atoms with E-state index in [-0.39, 0.29) is 40.2 Å². The van der Waals surface area contributed by atoms with Gasteiger partial charge in [0.25, 0.3) is 12.3 Å². The number of halogens is 2. The number of nitrogens with two attached hydrogens (primary N) is 2. The molecule has 0 fully saturated rings. The Labute approximate surface area is 124 Å². The highest BCUT2D eigenvalue weighted by Crippen LogP contribution is 2.25. The molecule has 2 heterocycles. The average molecular weight is 308 g/mol. The number of amides is 1. The fraction of sp³-hybridized carbons (Fsp3) is 0.154. The van der Waals surface area contributed by atoms with Gasteiger partial charge < -0.3 is 22.1 Å². The maximum atomic E-state index is 12.7. The van der Waals surface area contributed by atoms with E-state index in [9.17, 15) is 13.6 Å². The van der Waals surface area contributed by atoms with Crippen LogP contribution in [0.5, 0.6) is 0 Å². The van der Waals surface area contributed by atoms with Crippen LogP contribution < -0.4 is 22.1 Å². The summed E-state index contributed by atoms with van der Waals surface area (Å²) in [6.07, 6.45) is -1.39. The maximum Gasteiger partial charge on any atom is 0.264 e. The third-order valence-corrected chi connectivity index (χ3v) is 2.78. The second-order valence-electron chi connectivity index (χ2n) is 4.37. The molecule has 0 unspecified atom stereocenters. The topological polar surface area (TPSA) is 119 Å². The molecule has 0 atom stereocenters. The van der Waals surface area contributed by atoms with Gasteiger partial charge in [0.2, 0.25) is 0 Å². The minimum atomic E-state index is -2.67. The van der Waals surface area contributed by atoms with Gasteiger partial charge in [0, 0.05) is 30.6 Å². The Kier molecular flexibility index (Phi) is 4.35. The molecule has 0 aliphatic rings. The Bertz CT molecular complexity index is 707. The van der Waals surface area contributed by atoms with Gasteiger partial charge in [-0.3, -0.25) is 4.79 Å². The van der Waals surface area contributed by atoms with Crippen molar-refractivity contribution < 1.29 is 13.6 Å². The maximum absolute atomic E-state index is 12.7. The molecule has 7 nitrogen and oxygen atoms in total. The van der Waals surface area contributed by atoms with E-state index >= 15 is 0 Å². The summed E-state index contributed by atoms with van der Waals surface area (Å²) in [7, 11) is 1.47. The minimum absolute atomic E-state index is 0.0461. The van der Waals surface area contributed by atoms with Gasteiger partial charge >= 0.3 is 0 Å². The molecule has 1 amide bonds. The van der Waals surface area contributed by atoms with Crippen molar-refractivity contribution in [2.24, 2.45) is 0 Å². The molecule has 0 saturated carbocycles. The van der Waals surface area contributed by atoms with Crippen LogP contribution in [-0.2, 0) is 0 Å². The van der Waals surface area contributed by atoms with Crippen molar-refractivity contribution in [1.82, 2.24) is 15.3 Å². The number of anilines is 4. The number of carbonyl (C=O) groups is 1. The monoisotopic (exact) mass is 308 g/mol. The molecule has 116 valence electrons. The van der Waals surface area contributed by atoms with Gasteiger partial charge in [0.15, 0.2) is 0 Å². The zero-order valence-corrected chi connectivity index (χ0v) is 11.6. The number of nitrogens with zero attached hydrogens (tertiary/aromatic N) is 2. The van der Waals surface area contributed by atoms with Crippen LogP contribution in [-0.4, -0.2) is 22.9 Å². The van der Waals surface area contributed by atoms with Crippen LogP contribution in [0, 0.1) is 0 Å². The van der Waals surface area contributed by atoms with E-state index in [1.165, 1.54) is 19.3 Å². The van der Waals surface area contributed by atoms with Gasteiger partial charge in [0.05, 0.1) is 5.56 Å². The van der Waals surface area contributed by atoms with Crippen LogP contribution in [0.1, 0.15) is 22.3 Å². The number of pyridine rings is 2. The van der Waals surface area contributed by atoms with E-state index in [4.69, 9.17) is 11.5 Å². The lowest BCUT2D eigenvalue weighted by Gasteiger charge is -2.10. The van der Waals surface area contributed by atoms with E-state index in [0.29, 0.717) is 0 Å². The molecule has 0 bridgehead atoms. The van der Waals surface area contributed by atoms with E-state index in [1.54, 1.807) is 0 Å². The highest BCUT2D eigenvalue weighted by molar-refractivity contribution is 5.99. The molecule has 2 aromatic rings. The molecule has 0 radical (unpaired) electrons. The summed E-state index contributed by atoms with van der Waals surface area (Å²) in [5.74, 6) is -0.0627. The van der Waals surface area contributed by atoms with Crippen LogP contribution in [0.3, 0.4) is 0 Å². The average Bonchev–Trinajstić information content (AvgIpc) is 2.46. The summed E-state index contributed by atoms with van der Waals surface area (Å²) in [6, 6.07) is 3.65. The number of alkyl halides is 2. The first-order chi connectivity index (χ1) is 10.4. The molecule has 0 aliphatic heterocycles. The molecule has 0 aromatic carbocycles. The van der Waals surface area contributed by atoms with Crippen molar-refractivity contribution in [3.63, 3.8) is 0 Å². The predicted molar refractivity (Wildman–Crippen MR) is 78.9 cm³/mol.